The minimum Gasteiger partial charge on any atom is -0.370 e. The highest BCUT2D eigenvalue weighted by atomic mass is 16.1. The lowest BCUT2D eigenvalue weighted by atomic mass is 9.46. The maximum Gasteiger partial charge on any atom is 0.217 e. The number of hydrogen-bond donors (Lipinski definition) is 1. The third kappa shape index (κ3) is 2.61. The molecule has 4 aliphatic carbocycles. The number of rotatable bonds is 3. The van der Waals surface area contributed by atoms with Gasteiger partial charge in [0.05, 0.1) is 0 Å². The molecule has 0 saturated heterocycles. The van der Waals surface area contributed by atoms with Gasteiger partial charge in [0, 0.05) is 12.8 Å². The summed E-state index contributed by atoms with van der Waals surface area (Å²) in [6.07, 6.45) is 12.9. The summed E-state index contributed by atoms with van der Waals surface area (Å²) in [5.74, 6) is 3.25. The maximum atomic E-state index is 11.9. The van der Waals surface area contributed by atoms with E-state index < -0.39 is 0 Å². The van der Waals surface area contributed by atoms with Crippen molar-refractivity contribution in [3.8, 4) is 0 Å². The maximum absolute atomic E-state index is 11.9. The largest absolute Gasteiger partial charge is 0.370 e. The normalized spacial score (nSPS) is 46.0. The van der Waals surface area contributed by atoms with Crippen LogP contribution in [0, 0.1) is 34.5 Å². The van der Waals surface area contributed by atoms with Crippen molar-refractivity contribution in [2.24, 2.45) is 40.2 Å². The van der Waals surface area contributed by atoms with E-state index in [1.807, 2.05) is 6.08 Å². The number of ketones is 1. The number of amides is 1. The minimum atomic E-state index is -0.146. The fourth-order valence-electron chi connectivity index (χ4n) is 7.46. The predicted octanol–water partition coefficient (Wildman–Crippen LogP) is 4.40. The molecule has 0 radical (unpaired) electrons. The Morgan fingerprint density at radius 3 is 2.68 bits per heavy atom. The van der Waals surface area contributed by atoms with E-state index in [0.717, 1.165) is 43.4 Å². The quantitative estimate of drug-likeness (QED) is 0.825. The van der Waals surface area contributed by atoms with E-state index in [1.165, 1.54) is 37.7 Å². The van der Waals surface area contributed by atoms with E-state index >= 15 is 0 Å². The van der Waals surface area contributed by atoms with Crippen LogP contribution in [0.1, 0.15) is 78.1 Å². The zero-order valence-corrected chi connectivity index (χ0v) is 15.9. The number of hydrogen-bond acceptors (Lipinski definition) is 2. The highest BCUT2D eigenvalue weighted by Gasteiger charge is 2.58. The molecule has 0 aromatic heterocycles. The third-order valence-corrected chi connectivity index (χ3v) is 8.90. The Bertz CT molecular complexity index is 624. The van der Waals surface area contributed by atoms with E-state index in [9.17, 15) is 9.59 Å². The second-order valence-corrected chi connectivity index (χ2v) is 9.79. The number of nitrogens with two attached hydrogens (primary N) is 1. The lowest BCUT2D eigenvalue weighted by Crippen LogP contribution is -2.50. The van der Waals surface area contributed by atoms with Gasteiger partial charge in [-0.2, -0.15) is 0 Å². The first-order valence-corrected chi connectivity index (χ1v) is 10.4. The first-order chi connectivity index (χ1) is 11.8. The Hall–Kier alpha value is -1.12. The molecular weight excluding hydrogens is 310 g/mol. The molecule has 3 fully saturated rings. The van der Waals surface area contributed by atoms with Gasteiger partial charge in [-0.05, 0) is 91.9 Å². The summed E-state index contributed by atoms with van der Waals surface area (Å²) in [6, 6.07) is 0. The van der Waals surface area contributed by atoms with Crippen molar-refractivity contribution in [1.82, 2.24) is 0 Å². The lowest BCUT2D eigenvalue weighted by molar-refractivity contribution is -0.119. The van der Waals surface area contributed by atoms with Crippen LogP contribution >= 0.6 is 0 Å². The summed E-state index contributed by atoms with van der Waals surface area (Å²) in [5.41, 5.74) is 7.54. The Morgan fingerprint density at radius 2 is 1.92 bits per heavy atom. The molecule has 0 bridgehead atoms. The summed E-state index contributed by atoms with van der Waals surface area (Å²) in [4.78, 5) is 23.2. The molecule has 0 unspecified atom stereocenters. The van der Waals surface area contributed by atoms with Crippen molar-refractivity contribution in [3.63, 3.8) is 0 Å². The van der Waals surface area contributed by atoms with Crippen molar-refractivity contribution in [2.75, 3.05) is 0 Å². The highest BCUT2D eigenvalue weighted by molar-refractivity contribution is 5.91. The van der Waals surface area contributed by atoms with Gasteiger partial charge in [-0.1, -0.05) is 19.4 Å². The van der Waals surface area contributed by atoms with Crippen LogP contribution in [0.25, 0.3) is 0 Å². The van der Waals surface area contributed by atoms with E-state index in [1.54, 1.807) is 0 Å². The van der Waals surface area contributed by atoms with Gasteiger partial charge in [-0.15, -0.1) is 0 Å². The van der Waals surface area contributed by atoms with Crippen LogP contribution in [0.5, 0.6) is 0 Å². The van der Waals surface area contributed by atoms with Crippen molar-refractivity contribution < 1.29 is 9.59 Å². The predicted molar refractivity (Wildman–Crippen MR) is 98.6 cm³/mol. The summed E-state index contributed by atoms with van der Waals surface area (Å²) in [7, 11) is 0. The van der Waals surface area contributed by atoms with Crippen LogP contribution in [0.15, 0.2) is 11.6 Å². The molecule has 4 aliphatic rings. The van der Waals surface area contributed by atoms with Crippen molar-refractivity contribution >= 4 is 11.7 Å². The molecule has 1 amide bonds. The molecule has 6 atom stereocenters. The first-order valence-electron chi connectivity index (χ1n) is 10.4. The van der Waals surface area contributed by atoms with E-state index in [2.05, 4.69) is 13.8 Å². The molecule has 0 spiro atoms. The van der Waals surface area contributed by atoms with Gasteiger partial charge in [0.1, 0.15) is 0 Å². The van der Waals surface area contributed by atoms with Gasteiger partial charge in [-0.25, -0.2) is 0 Å². The Kier molecular flexibility index (Phi) is 4.12. The third-order valence-electron chi connectivity index (χ3n) is 8.90. The molecule has 3 saturated carbocycles. The SMILES string of the molecule is C[C@]12CC[C@H]3[C@@H](CCC4=CC(=O)CC[C@@]43C)[C@@H]1CC[C@@H]2CCC(N)=O. The Balaban J connectivity index is 1.57. The van der Waals surface area contributed by atoms with Crippen LogP contribution in [0.2, 0.25) is 0 Å². The van der Waals surface area contributed by atoms with Gasteiger partial charge in [0.15, 0.2) is 5.78 Å². The fraction of sp³-hybridized carbons (Fsp3) is 0.818. The van der Waals surface area contributed by atoms with Crippen molar-refractivity contribution in [3.05, 3.63) is 11.6 Å². The van der Waals surface area contributed by atoms with E-state index in [-0.39, 0.29) is 11.3 Å². The van der Waals surface area contributed by atoms with Crippen LogP contribution in [-0.2, 0) is 9.59 Å². The topological polar surface area (TPSA) is 60.2 Å². The van der Waals surface area contributed by atoms with Crippen molar-refractivity contribution in [2.45, 2.75) is 78.1 Å². The molecule has 3 heteroatoms. The van der Waals surface area contributed by atoms with E-state index in [4.69, 9.17) is 5.73 Å². The average Bonchev–Trinajstić information content (AvgIpc) is 2.90. The van der Waals surface area contributed by atoms with E-state index in [0.29, 0.717) is 23.5 Å². The Labute approximate surface area is 151 Å². The average molecular weight is 344 g/mol. The molecule has 0 aliphatic heterocycles. The van der Waals surface area contributed by atoms with Crippen LogP contribution in [-0.4, -0.2) is 11.7 Å². The van der Waals surface area contributed by atoms with Gasteiger partial charge < -0.3 is 5.73 Å². The van der Waals surface area contributed by atoms with Gasteiger partial charge in [0.2, 0.25) is 5.91 Å². The fourth-order valence-corrected chi connectivity index (χ4v) is 7.46. The monoisotopic (exact) mass is 343 g/mol. The zero-order valence-electron chi connectivity index (χ0n) is 15.9. The van der Waals surface area contributed by atoms with Crippen LogP contribution < -0.4 is 5.73 Å². The summed E-state index contributed by atoms with van der Waals surface area (Å²) in [5, 5.41) is 0. The summed E-state index contributed by atoms with van der Waals surface area (Å²) >= 11 is 0. The number of carbonyl (C=O) groups is 2. The van der Waals surface area contributed by atoms with Crippen molar-refractivity contribution in [1.29, 1.82) is 0 Å². The lowest BCUT2D eigenvalue weighted by Gasteiger charge is -2.58. The zero-order chi connectivity index (χ0) is 17.8. The molecule has 2 N–H and O–H groups in total. The number of allylic oxidation sites excluding steroid dienone is 1. The van der Waals surface area contributed by atoms with Gasteiger partial charge in [-0.3, -0.25) is 9.59 Å². The first kappa shape index (κ1) is 17.3. The molecule has 138 valence electrons. The van der Waals surface area contributed by atoms with Crippen LogP contribution in [0.3, 0.4) is 0 Å². The molecular formula is C22H33NO2. The standard InChI is InChI=1S/C22H33NO2/c1-21-12-10-19-17(18(21)7-4-14(21)5-8-20(23)25)6-3-15-13-16(24)9-11-22(15,19)2/h13-14,17-19H,3-12H2,1-2H3,(H2,23,25)/t14-,17+,18+,19+,21-,22+/m1/s1. The summed E-state index contributed by atoms with van der Waals surface area (Å²) in [6.45, 7) is 4.95. The number of primary amides is 1. The Morgan fingerprint density at radius 1 is 1.12 bits per heavy atom. The van der Waals surface area contributed by atoms with Gasteiger partial charge in [0.25, 0.3) is 0 Å². The molecule has 3 nitrogen and oxygen atoms in total. The second-order valence-electron chi connectivity index (χ2n) is 9.79. The highest BCUT2D eigenvalue weighted by Crippen LogP contribution is 2.67. The number of fused-ring (bicyclic) bond motifs is 5. The smallest absolute Gasteiger partial charge is 0.217 e. The molecule has 25 heavy (non-hydrogen) atoms. The number of carbonyl (C=O) groups excluding carboxylic acids is 2. The molecule has 0 aromatic carbocycles. The molecule has 4 rings (SSSR count). The summed E-state index contributed by atoms with van der Waals surface area (Å²) < 4.78 is 0. The van der Waals surface area contributed by atoms with Crippen LogP contribution in [0.4, 0.5) is 0 Å². The molecule has 0 aromatic rings. The van der Waals surface area contributed by atoms with Gasteiger partial charge >= 0.3 is 0 Å². The second kappa shape index (κ2) is 5.96. The minimum absolute atomic E-state index is 0.146. The molecule has 0 heterocycles.